The van der Waals surface area contributed by atoms with E-state index < -0.39 is 0 Å². The summed E-state index contributed by atoms with van der Waals surface area (Å²) in [5.41, 5.74) is 2.39. The number of nitrogens with one attached hydrogen (secondary N) is 1. The Morgan fingerprint density at radius 1 is 1.21 bits per heavy atom. The molecule has 1 N–H and O–H groups in total. The molecule has 2 aromatic carbocycles. The Morgan fingerprint density at radius 3 is 2.61 bits per heavy atom. The Hall–Kier alpha value is -2.88. The lowest BCUT2D eigenvalue weighted by Crippen LogP contribution is -2.44. The highest BCUT2D eigenvalue weighted by molar-refractivity contribution is 6.04. The Balaban J connectivity index is 1.58. The van der Waals surface area contributed by atoms with Gasteiger partial charge in [0.1, 0.15) is 11.8 Å². The SMILES string of the molecule is CC1CN(Cc2ccc(C(=O)Nc3cccc(OCC#N)c3)cc2)CC(C)O1. The molecular formula is C22H25N3O3. The number of carbonyl (C=O) groups excluding carboxylic acids is 1. The highest BCUT2D eigenvalue weighted by atomic mass is 16.5. The van der Waals surface area contributed by atoms with Crippen LogP contribution in [0.3, 0.4) is 0 Å². The minimum atomic E-state index is -0.183. The van der Waals surface area contributed by atoms with Crippen molar-refractivity contribution in [3.8, 4) is 11.8 Å². The van der Waals surface area contributed by atoms with Gasteiger partial charge in [-0.3, -0.25) is 9.69 Å². The molecule has 3 rings (SSSR count). The van der Waals surface area contributed by atoms with Gasteiger partial charge in [-0.25, -0.2) is 0 Å². The molecule has 0 bridgehead atoms. The summed E-state index contributed by atoms with van der Waals surface area (Å²) in [4.78, 5) is 14.9. The summed E-state index contributed by atoms with van der Waals surface area (Å²) >= 11 is 0. The van der Waals surface area contributed by atoms with Gasteiger partial charge in [0.05, 0.1) is 12.2 Å². The molecule has 28 heavy (non-hydrogen) atoms. The average molecular weight is 379 g/mol. The molecule has 1 amide bonds. The van der Waals surface area contributed by atoms with Crippen LogP contribution in [0, 0.1) is 11.3 Å². The third-order valence-corrected chi connectivity index (χ3v) is 4.51. The lowest BCUT2D eigenvalue weighted by atomic mass is 10.1. The van der Waals surface area contributed by atoms with E-state index in [0.717, 1.165) is 19.6 Å². The van der Waals surface area contributed by atoms with Gasteiger partial charge in [-0.1, -0.05) is 18.2 Å². The van der Waals surface area contributed by atoms with Gasteiger partial charge in [0, 0.05) is 37.0 Å². The summed E-state index contributed by atoms with van der Waals surface area (Å²) in [5, 5.41) is 11.4. The minimum absolute atomic E-state index is 0.0282. The number of nitrogens with zero attached hydrogens (tertiary/aromatic N) is 2. The molecule has 1 saturated heterocycles. The van der Waals surface area contributed by atoms with Crippen molar-refractivity contribution in [2.45, 2.75) is 32.6 Å². The fraction of sp³-hybridized carbons (Fsp3) is 0.364. The maximum absolute atomic E-state index is 12.5. The molecule has 6 nitrogen and oxygen atoms in total. The Kier molecular flexibility index (Phi) is 6.64. The lowest BCUT2D eigenvalue weighted by molar-refractivity contribution is -0.0704. The minimum Gasteiger partial charge on any atom is -0.479 e. The average Bonchev–Trinajstić information content (AvgIpc) is 2.66. The van der Waals surface area contributed by atoms with Gasteiger partial charge in [-0.15, -0.1) is 0 Å². The van der Waals surface area contributed by atoms with Crippen LogP contribution >= 0.6 is 0 Å². The first-order chi connectivity index (χ1) is 13.5. The van der Waals surface area contributed by atoms with E-state index in [1.54, 1.807) is 24.3 Å². The van der Waals surface area contributed by atoms with Crippen LogP contribution in [-0.4, -0.2) is 42.7 Å². The molecule has 0 saturated carbocycles. The molecule has 1 fully saturated rings. The number of nitriles is 1. The molecule has 1 aliphatic rings. The van der Waals surface area contributed by atoms with E-state index in [1.165, 1.54) is 5.56 Å². The van der Waals surface area contributed by atoms with Gasteiger partial charge < -0.3 is 14.8 Å². The summed E-state index contributed by atoms with van der Waals surface area (Å²) in [6.45, 7) is 6.83. The second-order valence-corrected chi connectivity index (χ2v) is 7.08. The van der Waals surface area contributed by atoms with Crippen LogP contribution in [0.2, 0.25) is 0 Å². The van der Waals surface area contributed by atoms with E-state index in [1.807, 2.05) is 30.3 Å². The van der Waals surface area contributed by atoms with Crippen LogP contribution in [-0.2, 0) is 11.3 Å². The van der Waals surface area contributed by atoms with Gasteiger partial charge in [0.2, 0.25) is 0 Å². The number of rotatable bonds is 6. The molecule has 2 atom stereocenters. The maximum Gasteiger partial charge on any atom is 0.255 e. The summed E-state index contributed by atoms with van der Waals surface area (Å²) in [5.74, 6) is 0.362. The van der Waals surface area contributed by atoms with Crippen molar-refractivity contribution in [1.82, 2.24) is 4.90 Å². The van der Waals surface area contributed by atoms with Gasteiger partial charge in [-0.05, 0) is 43.7 Å². The Morgan fingerprint density at radius 2 is 1.93 bits per heavy atom. The van der Waals surface area contributed by atoms with E-state index in [4.69, 9.17) is 14.7 Å². The predicted octanol–water partition coefficient (Wildman–Crippen LogP) is 3.45. The number of carbonyl (C=O) groups is 1. The maximum atomic E-state index is 12.5. The largest absolute Gasteiger partial charge is 0.479 e. The molecule has 2 aromatic rings. The Bertz CT molecular complexity index is 835. The second-order valence-electron chi connectivity index (χ2n) is 7.08. The molecule has 0 aromatic heterocycles. The number of hydrogen-bond donors (Lipinski definition) is 1. The second kappa shape index (κ2) is 9.36. The van der Waals surface area contributed by atoms with E-state index in [-0.39, 0.29) is 24.7 Å². The molecule has 0 spiro atoms. The molecule has 2 unspecified atom stereocenters. The van der Waals surface area contributed by atoms with Gasteiger partial charge in [-0.2, -0.15) is 5.26 Å². The first kappa shape index (κ1) is 19.9. The number of anilines is 1. The zero-order valence-corrected chi connectivity index (χ0v) is 16.2. The fourth-order valence-electron chi connectivity index (χ4n) is 3.42. The first-order valence-corrected chi connectivity index (χ1v) is 9.41. The molecule has 1 aliphatic heterocycles. The number of benzene rings is 2. The zero-order chi connectivity index (χ0) is 19.9. The smallest absolute Gasteiger partial charge is 0.255 e. The van der Waals surface area contributed by atoms with Crippen molar-refractivity contribution in [2.75, 3.05) is 25.0 Å². The summed E-state index contributed by atoms with van der Waals surface area (Å²) in [7, 11) is 0. The van der Waals surface area contributed by atoms with Crippen molar-refractivity contribution < 1.29 is 14.3 Å². The van der Waals surface area contributed by atoms with Gasteiger partial charge in [0.25, 0.3) is 5.91 Å². The highest BCUT2D eigenvalue weighted by Crippen LogP contribution is 2.19. The molecule has 146 valence electrons. The normalized spacial score (nSPS) is 19.6. The molecule has 6 heteroatoms. The molecule has 0 aliphatic carbocycles. The topological polar surface area (TPSA) is 74.6 Å². The van der Waals surface area contributed by atoms with Gasteiger partial charge in [0.15, 0.2) is 6.61 Å². The van der Waals surface area contributed by atoms with Crippen LogP contribution < -0.4 is 10.1 Å². The predicted molar refractivity (Wildman–Crippen MR) is 107 cm³/mol. The van der Waals surface area contributed by atoms with E-state index >= 15 is 0 Å². The van der Waals surface area contributed by atoms with Crippen LogP contribution in [0.25, 0.3) is 0 Å². The standard InChI is InChI=1S/C22H25N3O3/c1-16-13-25(14-17(2)28-16)15-18-6-8-19(9-7-18)22(26)24-20-4-3-5-21(12-20)27-11-10-23/h3-9,12,16-17H,11,13-15H2,1-2H3,(H,24,26). The van der Waals surface area contributed by atoms with E-state index in [9.17, 15) is 4.79 Å². The quantitative estimate of drug-likeness (QED) is 0.832. The zero-order valence-electron chi connectivity index (χ0n) is 16.2. The van der Waals surface area contributed by atoms with Crippen LogP contribution in [0.4, 0.5) is 5.69 Å². The van der Waals surface area contributed by atoms with E-state index in [2.05, 4.69) is 24.1 Å². The third kappa shape index (κ3) is 5.56. The highest BCUT2D eigenvalue weighted by Gasteiger charge is 2.22. The number of morpholine rings is 1. The number of ether oxygens (including phenoxy) is 2. The summed E-state index contributed by atoms with van der Waals surface area (Å²) in [6.07, 6.45) is 0.475. The third-order valence-electron chi connectivity index (χ3n) is 4.51. The molecule has 0 radical (unpaired) electrons. The van der Waals surface area contributed by atoms with Crippen molar-refractivity contribution >= 4 is 11.6 Å². The Labute approximate surface area is 165 Å². The van der Waals surface area contributed by atoms with Crippen molar-refractivity contribution in [1.29, 1.82) is 5.26 Å². The lowest BCUT2D eigenvalue weighted by Gasteiger charge is -2.35. The molecule has 1 heterocycles. The monoisotopic (exact) mass is 379 g/mol. The van der Waals surface area contributed by atoms with Crippen molar-refractivity contribution in [3.63, 3.8) is 0 Å². The van der Waals surface area contributed by atoms with Crippen LogP contribution in [0.15, 0.2) is 48.5 Å². The fourth-order valence-corrected chi connectivity index (χ4v) is 3.42. The number of hydrogen-bond acceptors (Lipinski definition) is 5. The van der Waals surface area contributed by atoms with Gasteiger partial charge >= 0.3 is 0 Å². The van der Waals surface area contributed by atoms with Crippen LogP contribution in [0.5, 0.6) is 5.75 Å². The van der Waals surface area contributed by atoms with Crippen molar-refractivity contribution in [3.05, 3.63) is 59.7 Å². The number of amides is 1. The first-order valence-electron chi connectivity index (χ1n) is 9.41. The molecular weight excluding hydrogens is 354 g/mol. The summed E-state index contributed by atoms with van der Waals surface area (Å²) < 4.78 is 11.0. The van der Waals surface area contributed by atoms with Crippen LogP contribution in [0.1, 0.15) is 29.8 Å². The van der Waals surface area contributed by atoms with E-state index in [0.29, 0.717) is 17.0 Å². The van der Waals surface area contributed by atoms with Crippen molar-refractivity contribution in [2.24, 2.45) is 0 Å². The summed E-state index contributed by atoms with van der Waals surface area (Å²) in [6, 6.07) is 16.6.